The topological polar surface area (TPSA) is 15.3 Å². The van der Waals surface area contributed by atoms with Crippen LogP contribution in [0.5, 0.6) is 0 Å². The van der Waals surface area contributed by atoms with Crippen LogP contribution >= 0.6 is 11.3 Å². The summed E-state index contributed by atoms with van der Waals surface area (Å²) in [6.45, 7) is 5.67. The summed E-state index contributed by atoms with van der Waals surface area (Å²) in [5, 5.41) is 3.65. The second kappa shape index (κ2) is 5.10. The number of hydrogen-bond acceptors (Lipinski definition) is 3. The first-order chi connectivity index (χ1) is 7.24. The third-order valence-corrected chi connectivity index (χ3v) is 3.99. The molecule has 2 nitrogen and oxygen atoms in total. The van der Waals surface area contributed by atoms with E-state index in [0.29, 0.717) is 6.04 Å². The lowest BCUT2D eigenvalue weighted by atomic mass is 10.1. The predicted octanol–water partition coefficient (Wildman–Crippen LogP) is 2.24. The average Bonchev–Trinajstić information content (AvgIpc) is 2.62. The number of nitrogens with one attached hydrogen (secondary N) is 1. The third kappa shape index (κ3) is 3.30. The summed E-state index contributed by atoms with van der Waals surface area (Å²) in [4.78, 5) is 5.29. The van der Waals surface area contributed by atoms with Crippen LogP contribution in [0.3, 0.4) is 0 Å². The van der Waals surface area contributed by atoms with Crippen molar-refractivity contribution in [1.29, 1.82) is 0 Å². The maximum absolute atomic E-state index is 3.65. The Hall–Kier alpha value is -0.380. The molecule has 2 heterocycles. The first-order valence-corrected chi connectivity index (χ1v) is 6.53. The van der Waals surface area contributed by atoms with Gasteiger partial charge in [0.25, 0.3) is 0 Å². The Morgan fingerprint density at radius 2 is 2.40 bits per heavy atom. The summed E-state index contributed by atoms with van der Waals surface area (Å²) in [5.41, 5.74) is 0. The fraction of sp³-hybridized carbons (Fsp3) is 0.667. The fourth-order valence-electron chi connectivity index (χ4n) is 2.16. The van der Waals surface area contributed by atoms with Gasteiger partial charge in [-0.3, -0.25) is 0 Å². The maximum Gasteiger partial charge on any atom is 0.0302 e. The molecule has 0 saturated carbocycles. The van der Waals surface area contributed by atoms with Crippen LogP contribution in [-0.4, -0.2) is 31.1 Å². The summed E-state index contributed by atoms with van der Waals surface area (Å²) in [5.74, 6) is 0. The fourth-order valence-corrected chi connectivity index (χ4v) is 3.00. The van der Waals surface area contributed by atoms with Crippen LogP contribution < -0.4 is 5.32 Å². The van der Waals surface area contributed by atoms with Crippen molar-refractivity contribution in [2.75, 3.05) is 20.1 Å². The summed E-state index contributed by atoms with van der Waals surface area (Å²) < 4.78 is 0. The maximum atomic E-state index is 3.65. The molecule has 0 bridgehead atoms. The minimum atomic E-state index is 0.686. The number of aryl methyl sites for hydroxylation is 1. The van der Waals surface area contributed by atoms with Gasteiger partial charge < -0.3 is 10.2 Å². The van der Waals surface area contributed by atoms with Crippen molar-refractivity contribution >= 4 is 11.3 Å². The van der Waals surface area contributed by atoms with Crippen molar-refractivity contribution in [2.45, 2.75) is 32.4 Å². The van der Waals surface area contributed by atoms with Crippen LogP contribution in [-0.2, 0) is 6.54 Å². The van der Waals surface area contributed by atoms with Crippen molar-refractivity contribution in [2.24, 2.45) is 0 Å². The molecule has 0 aromatic carbocycles. The summed E-state index contributed by atoms with van der Waals surface area (Å²) >= 11 is 1.90. The van der Waals surface area contributed by atoms with E-state index in [0.717, 1.165) is 6.54 Å². The molecule has 1 N–H and O–H groups in total. The Morgan fingerprint density at radius 3 is 3.07 bits per heavy atom. The van der Waals surface area contributed by atoms with Crippen LogP contribution in [0.25, 0.3) is 0 Å². The molecule has 0 radical (unpaired) electrons. The average molecular weight is 224 g/mol. The quantitative estimate of drug-likeness (QED) is 0.847. The summed E-state index contributed by atoms with van der Waals surface area (Å²) in [6.07, 6.45) is 2.66. The van der Waals surface area contributed by atoms with Crippen molar-refractivity contribution < 1.29 is 0 Å². The van der Waals surface area contributed by atoms with Gasteiger partial charge in [-0.15, -0.1) is 11.3 Å². The van der Waals surface area contributed by atoms with E-state index >= 15 is 0 Å². The van der Waals surface area contributed by atoms with E-state index < -0.39 is 0 Å². The van der Waals surface area contributed by atoms with E-state index in [-0.39, 0.29) is 0 Å². The minimum Gasteiger partial charge on any atom is -0.308 e. The van der Waals surface area contributed by atoms with Gasteiger partial charge in [-0.2, -0.15) is 0 Å². The van der Waals surface area contributed by atoms with Gasteiger partial charge >= 0.3 is 0 Å². The molecule has 1 saturated heterocycles. The van der Waals surface area contributed by atoms with Gasteiger partial charge in [0, 0.05) is 28.9 Å². The first kappa shape index (κ1) is 11.1. The SMILES string of the molecule is Cc1ccc(CNC2CCCN(C)C2)s1. The second-order valence-corrected chi connectivity index (χ2v) is 5.87. The molecule has 0 aliphatic carbocycles. The van der Waals surface area contributed by atoms with E-state index in [1.807, 2.05) is 11.3 Å². The molecule has 1 aromatic heterocycles. The molecule has 15 heavy (non-hydrogen) atoms. The van der Waals surface area contributed by atoms with Gasteiger partial charge in [-0.1, -0.05) is 0 Å². The Kier molecular flexibility index (Phi) is 3.78. The van der Waals surface area contributed by atoms with E-state index in [1.54, 1.807) is 0 Å². The number of hydrogen-bond donors (Lipinski definition) is 1. The number of likely N-dealkylation sites (tertiary alicyclic amines) is 1. The van der Waals surface area contributed by atoms with Gasteiger partial charge in [-0.05, 0) is 45.5 Å². The van der Waals surface area contributed by atoms with E-state index in [9.17, 15) is 0 Å². The number of piperidine rings is 1. The Morgan fingerprint density at radius 1 is 1.53 bits per heavy atom. The zero-order chi connectivity index (χ0) is 10.7. The van der Waals surface area contributed by atoms with E-state index in [4.69, 9.17) is 0 Å². The van der Waals surface area contributed by atoms with E-state index in [1.165, 1.54) is 35.7 Å². The minimum absolute atomic E-state index is 0.686. The van der Waals surface area contributed by atoms with Crippen molar-refractivity contribution in [3.63, 3.8) is 0 Å². The third-order valence-electron chi connectivity index (χ3n) is 2.99. The van der Waals surface area contributed by atoms with Crippen LogP contribution in [0.2, 0.25) is 0 Å². The zero-order valence-electron chi connectivity index (χ0n) is 9.62. The highest BCUT2D eigenvalue weighted by atomic mass is 32.1. The number of likely N-dealkylation sites (N-methyl/N-ethyl adjacent to an activating group) is 1. The molecule has 1 fully saturated rings. The molecule has 1 aliphatic heterocycles. The number of thiophene rings is 1. The van der Waals surface area contributed by atoms with E-state index in [2.05, 4.69) is 36.3 Å². The summed E-state index contributed by atoms with van der Waals surface area (Å²) in [7, 11) is 2.21. The Balaban J connectivity index is 1.77. The predicted molar refractivity (Wildman–Crippen MR) is 66.4 cm³/mol. The van der Waals surface area contributed by atoms with Crippen molar-refractivity contribution in [3.8, 4) is 0 Å². The lowest BCUT2D eigenvalue weighted by Gasteiger charge is -2.30. The Labute approximate surface area is 96.3 Å². The highest BCUT2D eigenvalue weighted by Crippen LogP contribution is 2.15. The number of rotatable bonds is 3. The molecule has 2 rings (SSSR count). The molecule has 1 unspecified atom stereocenters. The van der Waals surface area contributed by atoms with Gasteiger partial charge in [0.2, 0.25) is 0 Å². The molecule has 1 aliphatic rings. The highest BCUT2D eigenvalue weighted by Gasteiger charge is 2.16. The second-order valence-electron chi connectivity index (χ2n) is 4.49. The molecule has 1 aromatic rings. The molecule has 1 atom stereocenters. The first-order valence-electron chi connectivity index (χ1n) is 5.71. The molecular formula is C12H20N2S. The van der Waals surface area contributed by atoms with Gasteiger partial charge in [0.05, 0.1) is 0 Å². The molecule has 0 spiro atoms. The standard InChI is InChI=1S/C12H20N2S/c1-10-5-6-12(15-10)8-13-11-4-3-7-14(2)9-11/h5-6,11,13H,3-4,7-9H2,1-2H3. The van der Waals surface area contributed by atoms with Gasteiger partial charge in [0.15, 0.2) is 0 Å². The van der Waals surface area contributed by atoms with Crippen LogP contribution in [0.15, 0.2) is 12.1 Å². The smallest absolute Gasteiger partial charge is 0.0302 e. The highest BCUT2D eigenvalue weighted by molar-refractivity contribution is 7.11. The lowest BCUT2D eigenvalue weighted by Crippen LogP contribution is -2.43. The van der Waals surface area contributed by atoms with Crippen LogP contribution in [0.4, 0.5) is 0 Å². The normalized spacial score (nSPS) is 23.2. The number of nitrogens with zero attached hydrogens (tertiary/aromatic N) is 1. The molecular weight excluding hydrogens is 204 g/mol. The van der Waals surface area contributed by atoms with Crippen molar-refractivity contribution in [1.82, 2.24) is 10.2 Å². The van der Waals surface area contributed by atoms with Gasteiger partial charge in [-0.25, -0.2) is 0 Å². The monoisotopic (exact) mass is 224 g/mol. The lowest BCUT2D eigenvalue weighted by molar-refractivity contribution is 0.227. The summed E-state index contributed by atoms with van der Waals surface area (Å²) in [6, 6.07) is 5.12. The molecule has 0 amide bonds. The van der Waals surface area contributed by atoms with Gasteiger partial charge in [0.1, 0.15) is 0 Å². The van der Waals surface area contributed by atoms with Crippen LogP contribution in [0.1, 0.15) is 22.6 Å². The zero-order valence-corrected chi connectivity index (χ0v) is 10.4. The molecule has 84 valence electrons. The Bertz CT molecular complexity index is 308. The van der Waals surface area contributed by atoms with Crippen LogP contribution in [0, 0.1) is 6.92 Å². The largest absolute Gasteiger partial charge is 0.308 e. The molecule has 3 heteroatoms. The van der Waals surface area contributed by atoms with Crippen molar-refractivity contribution in [3.05, 3.63) is 21.9 Å².